The molecule has 10 nitrogen and oxygen atoms in total. The minimum Gasteiger partial charge on any atom is -0.348 e. The van der Waals surface area contributed by atoms with Crippen LogP contribution in [0.4, 0.5) is 5.13 Å². The van der Waals surface area contributed by atoms with Gasteiger partial charge in [-0.05, 0) is 99.3 Å². The highest BCUT2D eigenvalue weighted by atomic mass is 32.1. The van der Waals surface area contributed by atoms with Crippen LogP contribution in [0.2, 0.25) is 0 Å². The molecule has 2 heterocycles. The molecular formula is C48H71N5O5S. The second-order valence-corrected chi connectivity index (χ2v) is 18.8. The summed E-state index contributed by atoms with van der Waals surface area (Å²) in [6.07, 6.45) is 13.7. The summed E-state index contributed by atoms with van der Waals surface area (Å²) in [5, 5.41) is 2.58. The van der Waals surface area contributed by atoms with Crippen molar-refractivity contribution in [2.24, 2.45) is 17.3 Å². The van der Waals surface area contributed by atoms with E-state index in [1.165, 1.54) is 50.0 Å². The van der Waals surface area contributed by atoms with Crippen molar-refractivity contribution in [3.8, 4) is 11.3 Å². The van der Waals surface area contributed by atoms with Crippen molar-refractivity contribution in [2.45, 2.75) is 159 Å². The van der Waals surface area contributed by atoms with Crippen LogP contribution in [0.15, 0.2) is 34.9 Å². The van der Waals surface area contributed by atoms with Gasteiger partial charge < -0.3 is 4.90 Å². The lowest BCUT2D eigenvalue weighted by Gasteiger charge is -2.40. The highest BCUT2D eigenvalue weighted by Gasteiger charge is 2.45. The summed E-state index contributed by atoms with van der Waals surface area (Å²) in [6.45, 7) is 23.4. The largest absolute Gasteiger partial charge is 0.348 e. The van der Waals surface area contributed by atoms with Gasteiger partial charge in [0.15, 0.2) is 5.13 Å². The fourth-order valence-electron chi connectivity index (χ4n) is 8.67. The summed E-state index contributed by atoms with van der Waals surface area (Å²) in [7, 11) is 1.35. The summed E-state index contributed by atoms with van der Waals surface area (Å²) < 4.78 is 0. The molecule has 1 aromatic heterocycles. The van der Waals surface area contributed by atoms with E-state index in [2.05, 4.69) is 72.4 Å². The Balaban J connectivity index is 1.99. The van der Waals surface area contributed by atoms with E-state index >= 15 is 0 Å². The summed E-state index contributed by atoms with van der Waals surface area (Å²) in [6, 6.07) is 5.76. The Morgan fingerprint density at radius 1 is 0.881 bits per heavy atom. The molecule has 2 atom stereocenters. The summed E-state index contributed by atoms with van der Waals surface area (Å²) in [4.78, 5) is 79.7. The van der Waals surface area contributed by atoms with Gasteiger partial charge in [-0.15, -0.1) is 0 Å². The van der Waals surface area contributed by atoms with Crippen LogP contribution >= 0.6 is 11.3 Å². The predicted octanol–water partition coefficient (Wildman–Crippen LogP) is 10.5. The second kappa shape index (κ2) is 20.9. The third kappa shape index (κ3) is 11.2. The van der Waals surface area contributed by atoms with Crippen LogP contribution < -0.4 is 4.90 Å². The van der Waals surface area contributed by atoms with Crippen molar-refractivity contribution in [1.29, 1.82) is 0 Å². The van der Waals surface area contributed by atoms with E-state index in [0.29, 0.717) is 24.7 Å². The van der Waals surface area contributed by atoms with Gasteiger partial charge in [0.25, 0.3) is 17.7 Å². The molecule has 0 spiro atoms. The van der Waals surface area contributed by atoms with Gasteiger partial charge in [-0.2, -0.15) is 5.01 Å². The number of rotatable bonds is 18. The van der Waals surface area contributed by atoms with Crippen LogP contribution in [-0.4, -0.2) is 75.6 Å². The first-order chi connectivity index (χ1) is 27.9. The van der Waals surface area contributed by atoms with Gasteiger partial charge >= 0.3 is 0 Å². The quantitative estimate of drug-likeness (QED) is 0.0835. The van der Waals surface area contributed by atoms with E-state index in [4.69, 9.17) is 4.98 Å². The number of imide groups is 2. The number of amides is 5. The first-order valence-corrected chi connectivity index (χ1v) is 22.9. The summed E-state index contributed by atoms with van der Waals surface area (Å²) in [5.74, 6) is -2.40. The molecule has 2 aromatic rings. The van der Waals surface area contributed by atoms with Crippen LogP contribution in [0.5, 0.6) is 0 Å². The van der Waals surface area contributed by atoms with E-state index < -0.39 is 29.5 Å². The molecule has 11 heteroatoms. The zero-order valence-electron chi connectivity index (χ0n) is 38.1. The lowest BCUT2D eigenvalue weighted by atomic mass is 9.75. The van der Waals surface area contributed by atoms with Crippen LogP contribution in [-0.2, 0) is 24.0 Å². The average molecular weight is 830 g/mol. The molecule has 1 aromatic carbocycles. The SMILES string of the molecule is CCCCC(CC)CN(CC(CC)CCCC)c1nc(-c2c(C)cccc2C)c(/C=C2\C(=O)N(N(C)C(C)=O)C(=O)C(C(=O)N(C(C)=O)C3CCC(C)(C)CC3)=C2C)s1. The lowest BCUT2D eigenvalue weighted by molar-refractivity contribution is -0.167. The van der Waals surface area contributed by atoms with Crippen LogP contribution in [0.3, 0.4) is 0 Å². The first kappa shape index (κ1) is 47.6. The number of hydrogen-bond acceptors (Lipinski definition) is 8. The minimum atomic E-state index is -0.920. The Morgan fingerprint density at radius 3 is 1.90 bits per heavy atom. The number of unbranched alkanes of at least 4 members (excludes halogenated alkanes) is 2. The molecule has 2 aliphatic rings. The molecule has 324 valence electrons. The Bertz CT molecular complexity index is 1880. The van der Waals surface area contributed by atoms with Crippen molar-refractivity contribution >= 4 is 52.1 Å². The highest BCUT2D eigenvalue weighted by Crippen LogP contribution is 2.42. The highest BCUT2D eigenvalue weighted by molar-refractivity contribution is 7.17. The Labute approximate surface area is 358 Å². The van der Waals surface area contributed by atoms with E-state index in [0.717, 1.165) is 107 Å². The Hall–Kier alpha value is -4.12. The number of nitrogens with zero attached hydrogens (tertiary/aromatic N) is 5. The van der Waals surface area contributed by atoms with Crippen LogP contribution in [0.25, 0.3) is 17.3 Å². The third-order valence-electron chi connectivity index (χ3n) is 12.8. The number of aromatic nitrogens is 1. The van der Waals surface area contributed by atoms with Crippen molar-refractivity contribution < 1.29 is 24.0 Å². The number of carbonyl (C=O) groups excluding carboxylic acids is 5. The molecule has 1 aliphatic carbocycles. The molecule has 1 saturated carbocycles. The Kier molecular flexibility index (Phi) is 16.9. The number of hydrogen-bond donors (Lipinski definition) is 0. The van der Waals surface area contributed by atoms with Crippen molar-refractivity contribution in [2.75, 3.05) is 25.0 Å². The van der Waals surface area contributed by atoms with Gasteiger partial charge in [0.1, 0.15) is 5.57 Å². The molecule has 1 fully saturated rings. The van der Waals surface area contributed by atoms with E-state index in [1.54, 1.807) is 13.0 Å². The van der Waals surface area contributed by atoms with E-state index in [1.807, 2.05) is 6.07 Å². The molecule has 0 saturated heterocycles. The topological polar surface area (TPSA) is 111 Å². The van der Waals surface area contributed by atoms with Crippen LogP contribution in [0, 0.1) is 31.1 Å². The van der Waals surface area contributed by atoms with Gasteiger partial charge in [0, 0.05) is 51.2 Å². The van der Waals surface area contributed by atoms with Crippen molar-refractivity contribution in [1.82, 2.24) is 19.9 Å². The molecule has 0 radical (unpaired) electrons. The number of aryl methyl sites for hydroxylation is 2. The van der Waals surface area contributed by atoms with Gasteiger partial charge in [0.05, 0.1) is 10.6 Å². The van der Waals surface area contributed by atoms with Crippen molar-refractivity contribution in [3.05, 3.63) is 50.9 Å². The molecule has 1 aliphatic heterocycles. The average Bonchev–Trinajstić information content (AvgIpc) is 3.59. The number of thiazole rings is 1. The Morgan fingerprint density at radius 2 is 1.42 bits per heavy atom. The summed E-state index contributed by atoms with van der Waals surface area (Å²) >= 11 is 1.52. The maximum Gasteiger partial charge on any atom is 0.285 e. The molecule has 0 bridgehead atoms. The van der Waals surface area contributed by atoms with Gasteiger partial charge in [-0.3, -0.25) is 28.9 Å². The first-order valence-electron chi connectivity index (χ1n) is 22.1. The zero-order chi connectivity index (χ0) is 43.8. The zero-order valence-corrected chi connectivity index (χ0v) is 38.9. The monoisotopic (exact) mass is 830 g/mol. The predicted molar refractivity (Wildman–Crippen MR) is 240 cm³/mol. The minimum absolute atomic E-state index is 0.0808. The lowest BCUT2D eigenvalue weighted by Crippen LogP contribution is -2.56. The van der Waals surface area contributed by atoms with Gasteiger partial charge in [0.2, 0.25) is 11.8 Å². The van der Waals surface area contributed by atoms with Crippen molar-refractivity contribution in [3.63, 3.8) is 0 Å². The molecule has 2 unspecified atom stereocenters. The molecule has 5 amide bonds. The fourth-order valence-corrected chi connectivity index (χ4v) is 9.70. The maximum absolute atomic E-state index is 14.7. The maximum atomic E-state index is 14.7. The second-order valence-electron chi connectivity index (χ2n) is 17.8. The third-order valence-corrected chi connectivity index (χ3v) is 13.8. The van der Waals surface area contributed by atoms with E-state index in [9.17, 15) is 24.0 Å². The number of carbonyl (C=O) groups is 5. The normalized spacial score (nSPS) is 17.7. The number of anilines is 1. The van der Waals surface area contributed by atoms with E-state index in [-0.39, 0.29) is 28.2 Å². The standard InChI is InChI=1S/C48H71N5O5S/c1-13-17-22-36(15-3)29-51(30-37(16-4)23-18-14-2)47-49-43(41-31(5)20-19-21-32(41)6)40(59-47)28-39-33(7)42(46(58)53(44(39)56)50(12)34(8)54)45(57)52(35(9)55)38-24-26-48(10,11)27-25-38/h19-21,28,36-38H,13-18,22-27,29-30H2,1-12H3/b39-28-. The molecule has 59 heavy (non-hydrogen) atoms. The summed E-state index contributed by atoms with van der Waals surface area (Å²) in [5.41, 5.74) is 3.85. The van der Waals surface area contributed by atoms with Crippen LogP contribution in [0.1, 0.15) is 155 Å². The van der Waals surface area contributed by atoms with Gasteiger partial charge in [-0.1, -0.05) is 110 Å². The number of benzene rings is 1. The number of hydrazine groups is 1. The molecule has 0 N–H and O–H groups in total. The molecular weight excluding hydrogens is 759 g/mol. The smallest absolute Gasteiger partial charge is 0.285 e. The van der Waals surface area contributed by atoms with Gasteiger partial charge in [-0.25, -0.2) is 9.99 Å². The fraction of sp³-hybridized carbons (Fsp3) is 0.625. The molecule has 4 rings (SSSR count).